The molecule has 2 aromatic rings. The Balaban J connectivity index is 1.76. The molecule has 3 rings (SSSR count). The van der Waals surface area contributed by atoms with E-state index in [1.807, 2.05) is 18.2 Å². The molecule has 1 aliphatic heterocycles. The summed E-state index contributed by atoms with van der Waals surface area (Å²) in [6.07, 6.45) is 0.970. The van der Waals surface area contributed by atoms with Gasteiger partial charge in [0.25, 0.3) is 0 Å². The van der Waals surface area contributed by atoms with Crippen molar-refractivity contribution in [2.75, 3.05) is 12.3 Å². The van der Waals surface area contributed by atoms with E-state index in [1.54, 1.807) is 12.1 Å². The average Bonchev–Trinajstić information content (AvgIpc) is 2.39. The molecule has 19 heavy (non-hydrogen) atoms. The molecule has 0 radical (unpaired) electrons. The van der Waals surface area contributed by atoms with Crippen molar-refractivity contribution in [3.05, 3.63) is 65.0 Å². The molecule has 3 heteroatoms. The van der Waals surface area contributed by atoms with Gasteiger partial charge in [-0.25, -0.2) is 4.39 Å². The summed E-state index contributed by atoms with van der Waals surface area (Å²) >= 11 is 0. The summed E-state index contributed by atoms with van der Waals surface area (Å²) in [5.41, 5.74) is 10.5. The minimum Gasteiger partial charge on any atom is -0.398 e. The molecule has 0 amide bonds. The largest absolute Gasteiger partial charge is 0.398 e. The molecule has 98 valence electrons. The summed E-state index contributed by atoms with van der Waals surface area (Å²) in [5, 5.41) is 0. The normalized spacial score (nSPS) is 15.2. The summed E-state index contributed by atoms with van der Waals surface area (Å²) < 4.78 is 13.2. The van der Waals surface area contributed by atoms with Crippen LogP contribution in [0.15, 0.2) is 42.5 Å². The molecule has 0 aliphatic carbocycles. The standard InChI is InChI=1S/C16H17FN2/c17-14-5-1-3-12(9-14)10-19-8-7-15-13(11-19)4-2-6-16(15)18/h1-6,9H,7-8,10-11,18H2. The molecule has 1 heterocycles. The number of hydrogen-bond acceptors (Lipinski definition) is 2. The van der Waals surface area contributed by atoms with E-state index in [9.17, 15) is 4.39 Å². The van der Waals surface area contributed by atoms with Crippen LogP contribution in [0, 0.1) is 5.82 Å². The van der Waals surface area contributed by atoms with Gasteiger partial charge in [0, 0.05) is 25.3 Å². The third-order valence-electron chi connectivity index (χ3n) is 3.68. The van der Waals surface area contributed by atoms with Crippen molar-refractivity contribution < 1.29 is 4.39 Å². The number of fused-ring (bicyclic) bond motifs is 1. The van der Waals surface area contributed by atoms with Crippen LogP contribution >= 0.6 is 0 Å². The van der Waals surface area contributed by atoms with Gasteiger partial charge in [0.05, 0.1) is 0 Å². The van der Waals surface area contributed by atoms with E-state index in [0.717, 1.165) is 37.3 Å². The topological polar surface area (TPSA) is 29.3 Å². The lowest BCUT2D eigenvalue weighted by molar-refractivity contribution is 0.245. The Morgan fingerprint density at radius 1 is 1.16 bits per heavy atom. The van der Waals surface area contributed by atoms with Gasteiger partial charge in [-0.1, -0.05) is 24.3 Å². The summed E-state index contributed by atoms with van der Waals surface area (Å²) in [4.78, 5) is 2.33. The quantitative estimate of drug-likeness (QED) is 0.837. The van der Waals surface area contributed by atoms with E-state index in [1.165, 1.54) is 17.2 Å². The number of rotatable bonds is 2. The van der Waals surface area contributed by atoms with E-state index in [-0.39, 0.29) is 5.82 Å². The fourth-order valence-corrected chi connectivity index (χ4v) is 2.73. The highest BCUT2D eigenvalue weighted by atomic mass is 19.1. The van der Waals surface area contributed by atoms with Crippen LogP contribution in [0.5, 0.6) is 0 Å². The first-order valence-corrected chi connectivity index (χ1v) is 6.55. The van der Waals surface area contributed by atoms with E-state index < -0.39 is 0 Å². The van der Waals surface area contributed by atoms with Crippen LogP contribution in [0.4, 0.5) is 10.1 Å². The molecule has 0 saturated carbocycles. The van der Waals surface area contributed by atoms with Crippen LogP contribution in [0.3, 0.4) is 0 Å². The molecule has 0 aromatic heterocycles. The SMILES string of the molecule is Nc1cccc2c1CCN(Cc1cccc(F)c1)C2. The second-order valence-corrected chi connectivity index (χ2v) is 5.08. The Morgan fingerprint density at radius 3 is 2.84 bits per heavy atom. The summed E-state index contributed by atoms with van der Waals surface area (Å²) in [6.45, 7) is 2.64. The highest BCUT2D eigenvalue weighted by molar-refractivity contribution is 5.51. The molecular formula is C16H17FN2. The van der Waals surface area contributed by atoms with Crippen molar-refractivity contribution in [1.29, 1.82) is 0 Å². The maximum absolute atomic E-state index is 13.2. The van der Waals surface area contributed by atoms with Gasteiger partial charge < -0.3 is 5.73 Å². The molecule has 0 saturated heterocycles. The molecule has 0 bridgehead atoms. The monoisotopic (exact) mass is 256 g/mol. The zero-order valence-electron chi connectivity index (χ0n) is 10.8. The van der Waals surface area contributed by atoms with Crippen LogP contribution in [0.25, 0.3) is 0 Å². The molecule has 2 nitrogen and oxygen atoms in total. The van der Waals surface area contributed by atoms with Gasteiger partial charge in [0.1, 0.15) is 5.82 Å². The number of halogens is 1. The molecule has 1 aliphatic rings. The fraction of sp³-hybridized carbons (Fsp3) is 0.250. The van der Waals surface area contributed by atoms with Gasteiger partial charge in [-0.15, -0.1) is 0 Å². The second kappa shape index (κ2) is 5.02. The van der Waals surface area contributed by atoms with E-state index in [0.29, 0.717) is 0 Å². The van der Waals surface area contributed by atoms with Crippen molar-refractivity contribution in [2.24, 2.45) is 0 Å². The molecular weight excluding hydrogens is 239 g/mol. The van der Waals surface area contributed by atoms with E-state index in [2.05, 4.69) is 11.0 Å². The maximum Gasteiger partial charge on any atom is 0.123 e. The predicted molar refractivity (Wildman–Crippen MR) is 75.1 cm³/mol. The zero-order valence-corrected chi connectivity index (χ0v) is 10.8. The van der Waals surface area contributed by atoms with Crippen molar-refractivity contribution in [3.8, 4) is 0 Å². The third-order valence-corrected chi connectivity index (χ3v) is 3.68. The summed E-state index contributed by atoms with van der Waals surface area (Å²) in [6, 6.07) is 12.9. The van der Waals surface area contributed by atoms with Crippen molar-refractivity contribution in [2.45, 2.75) is 19.5 Å². The lowest BCUT2D eigenvalue weighted by Gasteiger charge is -2.29. The Hall–Kier alpha value is -1.87. The first-order chi connectivity index (χ1) is 9.22. The maximum atomic E-state index is 13.2. The lowest BCUT2D eigenvalue weighted by Crippen LogP contribution is -2.30. The summed E-state index contributed by atoms with van der Waals surface area (Å²) in [5.74, 6) is -0.167. The Kier molecular flexibility index (Phi) is 3.22. The van der Waals surface area contributed by atoms with Gasteiger partial charge >= 0.3 is 0 Å². The number of anilines is 1. The van der Waals surface area contributed by atoms with Gasteiger partial charge in [0.2, 0.25) is 0 Å². The summed E-state index contributed by atoms with van der Waals surface area (Å²) in [7, 11) is 0. The molecule has 0 fully saturated rings. The number of nitrogen functional groups attached to an aromatic ring is 1. The van der Waals surface area contributed by atoms with Crippen LogP contribution in [-0.2, 0) is 19.5 Å². The first-order valence-electron chi connectivity index (χ1n) is 6.55. The number of hydrogen-bond donors (Lipinski definition) is 1. The van der Waals surface area contributed by atoms with Gasteiger partial charge in [-0.2, -0.15) is 0 Å². The Bertz CT molecular complexity index is 595. The molecule has 0 unspecified atom stereocenters. The fourth-order valence-electron chi connectivity index (χ4n) is 2.73. The van der Waals surface area contributed by atoms with E-state index >= 15 is 0 Å². The van der Waals surface area contributed by atoms with Gasteiger partial charge in [-0.3, -0.25) is 4.90 Å². The van der Waals surface area contributed by atoms with Gasteiger partial charge in [0.15, 0.2) is 0 Å². The van der Waals surface area contributed by atoms with Crippen molar-refractivity contribution in [3.63, 3.8) is 0 Å². The van der Waals surface area contributed by atoms with Crippen molar-refractivity contribution in [1.82, 2.24) is 4.90 Å². The van der Waals surface area contributed by atoms with Crippen LogP contribution in [0.2, 0.25) is 0 Å². The lowest BCUT2D eigenvalue weighted by atomic mass is 9.97. The van der Waals surface area contributed by atoms with Gasteiger partial charge in [-0.05, 0) is 41.3 Å². The number of nitrogens with zero attached hydrogens (tertiary/aromatic N) is 1. The van der Waals surface area contributed by atoms with Crippen LogP contribution in [-0.4, -0.2) is 11.4 Å². The molecule has 2 aromatic carbocycles. The average molecular weight is 256 g/mol. The Labute approximate surface area is 112 Å². The smallest absolute Gasteiger partial charge is 0.123 e. The number of nitrogens with two attached hydrogens (primary N) is 1. The van der Waals surface area contributed by atoms with Crippen molar-refractivity contribution >= 4 is 5.69 Å². The molecule has 0 spiro atoms. The highest BCUT2D eigenvalue weighted by Crippen LogP contribution is 2.25. The highest BCUT2D eigenvalue weighted by Gasteiger charge is 2.17. The first kappa shape index (κ1) is 12.2. The number of benzene rings is 2. The van der Waals surface area contributed by atoms with Crippen LogP contribution in [0.1, 0.15) is 16.7 Å². The third kappa shape index (κ3) is 2.61. The minimum absolute atomic E-state index is 0.167. The minimum atomic E-state index is -0.167. The molecule has 2 N–H and O–H groups in total. The zero-order chi connectivity index (χ0) is 13.2. The second-order valence-electron chi connectivity index (χ2n) is 5.08. The predicted octanol–water partition coefficient (Wildman–Crippen LogP) is 2.97. The van der Waals surface area contributed by atoms with E-state index in [4.69, 9.17) is 5.73 Å². The molecule has 0 atom stereocenters. The Morgan fingerprint density at radius 2 is 2.00 bits per heavy atom. The van der Waals surface area contributed by atoms with Crippen LogP contribution < -0.4 is 5.73 Å².